The van der Waals surface area contributed by atoms with E-state index in [0.29, 0.717) is 11.3 Å². The molecule has 0 aliphatic rings. The fourth-order valence-electron chi connectivity index (χ4n) is 1.92. The summed E-state index contributed by atoms with van der Waals surface area (Å²) in [7, 11) is 3.53. The van der Waals surface area contributed by atoms with Gasteiger partial charge in [0.15, 0.2) is 0 Å². The van der Waals surface area contributed by atoms with Gasteiger partial charge in [-0.25, -0.2) is 0 Å². The number of hydrogen-bond acceptors (Lipinski definition) is 3. The van der Waals surface area contributed by atoms with Gasteiger partial charge >= 0.3 is 0 Å². The fraction of sp³-hybridized carbons (Fsp3) is 1.00. The molecule has 0 aliphatic carbocycles. The van der Waals surface area contributed by atoms with E-state index in [1.165, 1.54) is 6.42 Å². The second-order valence-corrected chi connectivity index (χ2v) is 6.76. The van der Waals surface area contributed by atoms with Crippen LogP contribution in [0.4, 0.5) is 0 Å². The first kappa shape index (κ1) is 17.9. The van der Waals surface area contributed by atoms with Crippen molar-refractivity contribution in [3.05, 3.63) is 0 Å². The highest BCUT2D eigenvalue weighted by molar-refractivity contribution is 4.79. The van der Waals surface area contributed by atoms with E-state index in [9.17, 15) is 0 Å². The molecule has 1 N–H and O–H groups in total. The van der Waals surface area contributed by atoms with Crippen molar-refractivity contribution in [2.24, 2.45) is 11.3 Å². The summed E-state index contributed by atoms with van der Waals surface area (Å²) in [5.41, 5.74) is 0.305. The summed E-state index contributed by atoms with van der Waals surface area (Å²) >= 11 is 0. The van der Waals surface area contributed by atoms with E-state index in [4.69, 9.17) is 9.47 Å². The van der Waals surface area contributed by atoms with Crippen molar-refractivity contribution in [3.8, 4) is 0 Å². The van der Waals surface area contributed by atoms with Crippen molar-refractivity contribution in [1.82, 2.24) is 5.32 Å². The van der Waals surface area contributed by atoms with Crippen molar-refractivity contribution in [1.29, 1.82) is 0 Å². The lowest BCUT2D eigenvalue weighted by Crippen LogP contribution is -2.35. The third-order valence-corrected chi connectivity index (χ3v) is 3.75. The molecule has 0 rings (SSSR count). The normalized spacial score (nSPS) is 14.8. The van der Waals surface area contributed by atoms with Gasteiger partial charge in [-0.3, -0.25) is 0 Å². The van der Waals surface area contributed by atoms with Crippen LogP contribution in [0.1, 0.15) is 47.5 Å². The number of nitrogens with one attached hydrogen (secondary N) is 1. The van der Waals surface area contributed by atoms with E-state index in [2.05, 4.69) is 39.9 Å². The van der Waals surface area contributed by atoms with Gasteiger partial charge in [-0.15, -0.1) is 0 Å². The maximum atomic E-state index is 5.50. The van der Waals surface area contributed by atoms with Crippen molar-refractivity contribution < 1.29 is 9.47 Å². The van der Waals surface area contributed by atoms with Crippen molar-refractivity contribution in [2.45, 2.75) is 53.1 Å². The fourth-order valence-corrected chi connectivity index (χ4v) is 1.92. The third kappa shape index (κ3) is 8.06. The molecule has 0 bridgehead atoms. The summed E-state index contributed by atoms with van der Waals surface area (Å²) in [6.07, 6.45) is 2.28. The Morgan fingerprint density at radius 1 is 1.06 bits per heavy atom. The maximum absolute atomic E-state index is 5.50. The molecule has 0 amide bonds. The molecular weight excluding hydrogens is 226 g/mol. The summed E-state index contributed by atoms with van der Waals surface area (Å²) < 4.78 is 10.6. The van der Waals surface area contributed by atoms with Crippen molar-refractivity contribution in [2.75, 3.05) is 33.9 Å². The molecule has 0 fully saturated rings. The van der Waals surface area contributed by atoms with Crippen LogP contribution in [0.25, 0.3) is 0 Å². The Hall–Kier alpha value is -0.120. The van der Waals surface area contributed by atoms with E-state index in [-0.39, 0.29) is 5.60 Å². The van der Waals surface area contributed by atoms with E-state index in [1.807, 2.05) is 0 Å². The highest BCUT2D eigenvalue weighted by atomic mass is 16.5. The molecule has 0 aromatic rings. The Balaban J connectivity index is 4.17. The lowest BCUT2D eigenvalue weighted by atomic mass is 9.76. The first-order chi connectivity index (χ1) is 8.23. The van der Waals surface area contributed by atoms with Crippen LogP contribution >= 0.6 is 0 Å². The molecule has 0 saturated heterocycles. The molecule has 110 valence electrons. The zero-order valence-electron chi connectivity index (χ0n) is 13.4. The highest BCUT2D eigenvalue weighted by Gasteiger charge is 2.27. The van der Waals surface area contributed by atoms with Gasteiger partial charge in [0.2, 0.25) is 0 Å². The molecular formula is C15H33NO2. The van der Waals surface area contributed by atoms with Gasteiger partial charge in [-0.05, 0) is 44.6 Å². The van der Waals surface area contributed by atoms with Gasteiger partial charge in [-0.1, -0.05) is 20.8 Å². The van der Waals surface area contributed by atoms with Crippen LogP contribution in [0.5, 0.6) is 0 Å². The minimum absolute atomic E-state index is 0.0178. The zero-order valence-corrected chi connectivity index (χ0v) is 13.4. The number of ether oxygens (including phenoxy) is 2. The van der Waals surface area contributed by atoms with Gasteiger partial charge in [-0.2, -0.15) is 0 Å². The summed E-state index contributed by atoms with van der Waals surface area (Å²) in [4.78, 5) is 0. The molecule has 0 aliphatic heterocycles. The molecule has 0 radical (unpaired) electrons. The van der Waals surface area contributed by atoms with Crippen LogP contribution in [0.3, 0.4) is 0 Å². The molecule has 0 saturated carbocycles. The molecule has 3 heteroatoms. The molecule has 0 spiro atoms. The van der Waals surface area contributed by atoms with E-state index in [0.717, 1.165) is 26.1 Å². The molecule has 0 heterocycles. The summed E-state index contributed by atoms with van der Waals surface area (Å²) in [6.45, 7) is 14.0. The quantitative estimate of drug-likeness (QED) is 0.645. The average Bonchev–Trinajstić information content (AvgIpc) is 2.26. The van der Waals surface area contributed by atoms with E-state index >= 15 is 0 Å². The predicted molar refractivity (Wildman–Crippen MR) is 78.0 cm³/mol. The van der Waals surface area contributed by atoms with E-state index < -0.39 is 0 Å². The lowest BCUT2D eigenvalue weighted by Gasteiger charge is -2.34. The maximum Gasteiger partial charge on any atom is 0.0622 e. The van der Waals surface area contributed by atoms with Crippen LogP contribution in [0, 0.1) is 11.3 Å². The molecule has 1 atom stereocenters. The predicted octanol–water partition coefficient (Wildman–Crippen LogP) is 3.09. The van der Waals surface area contributed by atoms with Gasteiger partial charge in [0, 0.05) is 20.8 Å². The first-order valence-corrected chi connectivity index (χ1v) is 6.98. The molecule has 1 unspecified atom stereocenters. The summed E-state index contributed by atoms with van der Waals surface area (Å²) in [5.74, 6) is 0.656. The average molecular weight is 259 g/mol. The lowest BCUT2D eigenvalue weighted by molar-refractivity contribution is 0.00570. The van der Waals surface area contributed by atoms with Crippen LogP contribution in [0.15, 0.2) is 0 Å². The molecule has 0 aromatic carbocycles. The Morgan fingerprint density at radius 2 is 1.67 bits per heavy atom. The standard InChI is InChI=1S/C15H33NO2/c1-14(2,3)13(12-16-10-11-17-6)8-9-15(4,5)18-7/h13,16H,8-12H2,1-7H3. The number of rotatable bonds is 9. The topological polar surface area (TPSA) is 30.5 Å². The summed E-state index contributed by atoms with van der Waals surface area (Å²) in [5, 5.41) is 3.48. The molecule has 0 aromatic heterocycles. The summed E-state index contributed by atoms with van der Waals surface area (Å²) in [6, 6.07) is 0. The zero-order chi connectivity index (χ0) is 14.2. The second-order valence-electron chi connectivity index (χ2n) is 6.76. The van der Waals surface area contributed by atoms with E-state index in [1.54, 1.807) is 14.2 Å². The van der Waals surface area contributed by atoms with Gasteiger partial charge in [0.25, 0.3) is 0 Å². The Kier molecular flexibility index (Phi) is 8.08. The van der Waals surface area contributed by atoms with Gasteiger partial charge in [0.1, 0.15) is 0 Å². The second kappa shape index (κ2) is 8.13. The molecule has 18 heavy (non-hydrogen) atoms. The van der Waals surface area contributed by atoms with Crippen LogP contribution in [-0.4, -0.2) is 39.5 Å². The largest absolute Gasteiger partial charge is 0.383 e. The minimum atomic E-state index is -0.0178. The van der Waals surface area contributed by atoms with Crippen molar-refractivity contribution in [3.63, 3.8) is 0 Å². The van der Waals surface area contributed by atoms with Crippen LogP contribution < -0.4 is 5.32 Å². The third-order valence-electron chi connectivity index (χ3n) is 3.75. The minimum Gasteiger partial charge on any atom is -0.383 e. The van der Waals surface area contributed by atoms with Crippen LogP contribution in [-0.2, 0) is 9.47 Å². The Bertz CT molecular complexity index is 209. The van der Waals surface area contributed by atoms with Crippen LogP contribution in [0.2, 0.25) is 0 Å². The Labute approximate surface area is 114 Å². The smallest absolute Gasteiger partial charge is 0.0622 e. The SMILES string of the molecule is COCCNCC(CCC(C)(C)OC)C(C)(C)C. The Morgan fingerprint density at radius 3 is 2.11 bits per heavy atom. The van der Waals surface area contributed by atoms with Crippen molar-refractivity contribution >= 4 is 0 Å². The number of methoxy groups -OCH3 is 2. The first-order valence-electron chi connectivity index (χ1n) is 6.98. The number of hydrogen-bond donors (Lipinski definition) is 1. The molecule has 3 nitrogen and oxygen atoms in total. The van der Waals surface area contributed by atoms with Gasteiger partial charge in [0.05, 0.1) is 12.2 Å². The highest BCUT2D eigenvalue weighted by Crippen LogP contribution is 2.31. The van der Waals surface area contributed by atoms with Gasteiger partial charge < -0.3 is 14.8 Å². The monoisotopic (exact) mass is 259 g/mol.